The molecule has 1 amide bonds. The summed E-state index contributed by atoms with van der Waals surface area (Å²) in [6.45, 7) is 4.84. The van der Waals surface area contributed by atoms with Crippen LogP contribution in [-0.4, -0.2) is 23.4 Å². The molecule has 0 bridgehead atoms. The largest absolute Gasteiger partial charge is 0.490 e. The van der Waals surface area contributed by atoms with Gasteiger partial charge in [0.05, 0.1) is 4.91 Å². The lowest BCUT2D eigenvalue weighted by Gasteiger charge is -2.12. The predicted molar refractivity (Wildman–Crippen MR) is 115 cm³/mol. The number of ether oxygens (including phenoxy) is 2. The summed E-state index contributed by atoms with van der Waals surface area (Å²) in [6.07, 6.45) is 1.73. The maximum absolute atomic E-state index is 11.9. The number of hydrogen-bond donors (Lipinski definition) is 1. The Morgan fingerprint density at radius 3 is 2.48 bits per heavy atom. The van der Waals surface area contributed by atoms with Gasteiger partial charge in [0.1, 0.15) is 29.0 Å². The van der Waals surface area contributed by atoms with Gasteiger partial charge in [-0.05, 0) is 61.4 Å². The molecule has 1 heterocycles. The van der Waals surface area contributed by atoms with Crippen molar-refractivity contribution in [3.05, 3.63) is 63.0 Å². The highest BCUT2D eigenvalue weighted by molar-refractivity contribution is 8.26. The molecule has 3 rings (SSSR count). The average Bonchev–Trinajstić information content (AvgIpc) is 2.89. The van der Waals surface area contributed by atoms with Gasteiger partial charge >= 0.3 is 0 Å². The lowest BCUT2D eigenvalue weighted by Crippen LogP contribution is -2.17. The second-order valence-electron chi connectivity index (χ2n) is 6.05. The lowest BCUT2D eigenvalue weighted by molar-refractivity contribution is -0.115. The highest BCUT2D eigenvalue weighted by Gasteiger charge is 2.22. The van der Waals surface area contributed by atoms with Gasteiger partial charge in [-0.1, -0.05) is 41.6 Å². The number of hydrogen-bond acceptors (Lipinski definition) is 5. The molecule has 1 fully saturated rings. The Hall–Kier alpha value is -2.02. The molecule has 0 saturated carbocycles. The zero-order valence-corrected chi connectivity index (χ0v) is 17.3. The quantitative estimate of drug-likeness (QED) is 0.410. The summed E-state index contributed by atoms with van der Waals surface area (Å²) < 4.78 is 12.1. The van der Waals surface area contributed by atoms with Crippen LogP contribution in [0.3, 0.4) is 0 Å². The van der Waals surface area contributed by atoms with Gasteiger partial charge in [0, 0.05) is 10.6 Å². The molecule has 2 aromatic rings. The van der Waals surface area contributed by atoms with Crippen molar-refractivity contribution in [1.82, 2.24) is 5.32 Å². The van der Waals surface area contributed by atoms with Gasteiger partial charge in [0.15, 0.2) is 0 Å². The second-order valence-corrected chi connectivity index (χ2v) is 8.21. The first-order valence-electron chi connectivity index (χ1n) is 8.29. The molecule has 0 atom stereocenters. The summed E-state index contributed by atoms with van der Waals surface area (Å²) in [5.41, 5.74) is 3.03. The standard InChI is InChI=1S/C20H18ClNO3S2/c1-12-7-13(2)9-16(8-12)24-5-6-25-17-4-3-15(21)10-14(17)11-18-19(23)22-20(26)27-18/h3-4,7-11H,5-6H2,1-2H3,(H,22,23,26)/b18-11+. The first kappa shape index (κ1) is 19.7. The van der Waals surface area contributed by atoms with Gasteiger partial charge in [-0.3, -0.25) is 4.79 Å². The van der Waals surface area contributed by atoms with Crippen LogP contribution in [0.5, 0.6) is 11.5 Å². The zero-order chi connectivity index (χ0) is 19.4. The Bertz CT molecular complexity index is 907. The Kier molecular flexibility index (Phi) is 6.42. The molecule has 0 radical (unpaired) electrons. The number of thiocarbonyl (C=S) groups is 1. The van der Waals surface area contributed by atoms with Crippen LogP contribution in [0.1, 0.15) is 16.7 Å². The summed E-state index contributed by atoms with van der Waals surface area (Å²) in [7, 11) is 0. The summed E-state index contributed by atoms with van der Waals surface area (Å²) >= 11 is 12.3. The summed E-state index contributed by atoms with van der Waals surface area (Å²) in [5.74, 6) is 1.23. The minimum absolute atomic E-state index is 0.214. The number of amides is 1. The van der Waals surface area contributed by atoms with Crippen LogP contribution in [0.15, 0.2) is 41.3 Å². The fourth-order valence-corrected chi connectivity index (χ4v) is 3.87. The van der Waals surface area contributed by atoms with Gasteiger partial charge in [-0.15, -0.1) is 0 Å². The van der Waals surface area contributed by atoms with Crippen molar-refractivity contribution in [3.63, 3.8) is 0 Å². The predicted octanol–water partition coefficient (Wildman–Crippen LogP) is 4.90. The molecule has 2 aromatic carbocycles. The van der Waals surface area contributed by atoms with E-state index >= 15 is 0 Å². The lowest BCUT2D eigenvalue weighted by atomic mass is 10.1. The van der Waals surface area contributed by atoms with Gasteiger partial charge in [-0.25, -0.2) is 0 Å². The summed E-state index contributed by atoms with van der Waals surface area (Å²) in [4.78, 5) is 12.4. The second kappa shape index (κ2) is 8.78. The molecular formula is C20H18ClNO3S2. The number of benzene rings is 2. The number of carbonyl (C=O) groups is 1. The molecule has 0 aromatic heterocycles. The van der Waals surface area contributed by atoms with Crippen molar-refractivity contribution in [2.24, 2.45) is 0 Å². The van der Waals surface area contributed by atoms with Crippen LogP contribution in [0.2, 0.25) is 5.02 Å². The van der Waals surface area contributed by atoms with Crippen molar-refractivity contribution in [3.8, 4) is 11.5 Å². The van der Waals surface area contributed by atoms with E-state index in [-0.39, 0.29) is 5.91 Å². The number of rotatable bonds is 6. The first-order valence-corrected chi connectivity index (χ1v) is 9.89. The minimum Gasteiger partial charge on any atom is -0.490 e. The molecule has 140 valence electrons. The van der Waals surface area contributed by atoms with E-state index in [2.05, 4.69) is 11.4 Å². The topological polar surface area (TPSA) is 47.6 Å². The van der Waals surface area contributed by atoms with E-state index in [0.29, 0.717) is 33.2 Å². The van der Waals surface area contributed by atoms with Crippen LogP contribution < -0.4 is 14.8 Å². The number of carbonyl (C=O) groups excluding carboxylic acids is 1. The molecule has 1 aliphatic rings. The monoisotopic (exact) mass is 419 g/mol. The Labute approximate surface area is 172 Å². The van der Waals surface area contributed by atoms with E-state index < -0.39 is 0 Å². The van der Waals surface area contributed by atoms with E-state index in [1.165, 1.54) is 11.8 Å². The fraction of sp³-hybridized carbons (Fsp3) is 0.200. The number of thioether (sulfide) groups is 1. The van der Waals surface area contributed by atoms with Gasteiger partial charge < -0.3 is 14.8 Å². The van der Waals surface area contributed by atoms with E-state index in [9.17, 15) is 4.79 Å². The van der Waals surface area contributed by atoms with Crippen molar-refractivity contribution >= 4 is 51.9 Å². The summed E-state index contributed by atoms with van der Waals surface area (Å²) in [6, 6.07) is 11.4. The van der Waals surface area contributed by atoms with Crippen LogP contribution in [0, 0.1) is 13.8 Å². The molecule has 0 spiro atoms. The van der Waals surface area contributed by atoms with E-state index in [4.69, 9.17) is 33.3 Å². The summed E-state index contributed by atoms with van der Waals surface area (Å²) in [5, 5.41) is 3.16. The van der Waals surface area contributed by atoms with Crippen molar-refractivity contribution < 1.29 is 14.3 Å². The molecule has 0 aliphatic carbocycles. The van der Waals surface area contributed by atoms with E-state index in [1.807, 2.05) is 26.0 Å². The van der Waals surface area contributed by atoms with Gasteiger partial charge in [-0.2, -0.15) is 0 Å². The smallest absolute Gasteiger partial charge is 0.263 e. The Morgan fingerprint density at radius 1 is 1.11 bits per heavy atom. The third kappa shape index (κ3) is 5.48. The number of halogens is 1. The van der Waals surface area contributed by atoms with Gasteiger partial charge in [0.25, 0.3) is 5.91 Å². The Morgan fingerprint density at radius 2 is 1.81 bits per heavy atom. The molecule has 1 aliphatic heterocycles. The van der Waals surface area contributed by atoms with E-state index in [0.717, 1.165) is 22.4 Å². The number of aryl methyl sites for hydroxylation is 2. The fourth-order valence-electron chi connectivity index (χ4n) is 2.65. The maximum Gasteiger partial charge on any atom is 0.263 e. The third-order valence-electron chi connectivity index (χ3n) is 3.71. The van der Waals surface area contributed by atoms with Crippen molar-refractivity contribution in [2.75, 3.05) is 13.2 Å². The average molecular weight is 420 g/mol. The maximum atomic E-state index is 11.9. The molecule has 0 unspecified atom stereocenters. The van der Waals surface area contributed by atoms with Gasteiger partial charge in [0.2, 0.25) is 0 Å². The van der Waals surface area contributed by atoms with Crippen LogP contribution in [0.4, 0.5) is 0 Å². The Balaban J connectivity index is 1.66. The van der Waals surface area contributed by atoms with Crippen molar-refractivity contribution in [2.45, 2.75) is 13.8 Å². The SMILES string of the molecule is Cc1cc(C)cc(OCCOc2ccc(Cl)cc2/C=C2/SC(=S)NC2=O)c1. The normalized spacial score (nSPS) is 15.1. The van der Waals surface area contributed by atoms with E-state index in [1.54, 1.807) is 24.3 Å². The van der Waals surface area contributed by atoms with Crippen molar-refractivity contribution in [1.29, 1.82) is 0 Å². The third-order valence-corrected chi connectivity index (χ3v) is 5.10. The number of nitrogens with one attached hydrogen (secondary N) is 1. The molecule has 7 heteroatoms. The first-order chi connectivity index (χ1) is 12.9. The molecule has 1 saturated heterocycles. The molecule has 27 heavy (non-hydrogen) atoms. The molecule has 1 N–H and O–H groups in total. The van der Waals surface area contributed by atoms with Crippen LogP contribution >= 0.6 is 35.6 Å². The molecule has 4 nitrogen and oxygen atoms in total. The highest BCUT2D eigenvalue weighted by Crippen LogP contribution is 2.31. The zero-order valence-electron chi connectivity index (χ0n) is 14.9. The minimum atomic E-state index is -0.214. The molecular weight excluding hydrogens is 402 g/mol. The highest BCUT2D eigenvalue weighted by atomic mass is 35.5. The van der Waals surface area contributed by atoms with Crippen LogP contribution in [0.25, 0.3) is 6.08 Å². The van der Waals surface area contributed by atoms with Crippen LogP contribution in [-0.2, 0) is 4.79 Å².